The standard InChI is InChI=1S/C35H41N5O5/c1-22-18-40(23(2)21-41)34(42)30-17-29(36-35(43)37-33-24(3)38-45-25(33)4)15-16-31(30)44-32(22)20-39(5)19-26-11-13-28(14-12-26)27-9-7-6-8-10-27/h6-17,22-23,32,41H,18-21H2,1-5H3,(H2,36,37,43)/t22-,23+,32+/m0/s1. The number of aryl methyl sites for hydroxylation is 2. The molecule has 1 aromatic heterocycles. The maximum Gasteiger partial charge on any atom is 0.323 e. The van der Waals surface area contributed by atoms with Crippen molar-refractivity contribution in [3.05, 3.63) is 95.4 Å². The lowest BCUT2D eigenvalue weighted by Crippen LogP contribution is -2.49. The van der Waals surface area contributed by atoms with Gasteiger partial charge in [-0.2, -0.15) is 0 Å². The van der Waals surface area contributed by atoms with Crippen LogP contribution in [0.1, 0.15) is 41.2 Å². The van der Waals surface area contributed by atoms with Crippen LogP contribution in [0.2, 0.25) is 0 Å². The normalized spacial score (nSPS) is 17.2. The summed E-state index contributed by atoms with van der Waals surface area (Å²) in [6.45, 7) is 8.93. The Labute approximate surface area is 264 Å². The Morgan fingerprint density at radius 3 is 2.44 bits per heavy atom. The molecule has 0 spiro atoms. The molecule has 0 saturated heterocycles. The van der Waals surface area contributed by atoms with Crippen LogP contribution in [0.4, 0.5) is 16.2 Å². The molecule has 0 bridgehead atoms. The average molecular weight is 612 g/mol. The first-order valence-corrected chi connectivity index (χ1v) is 15.2. The second-order valence-corrected chi connectivity index (χ2v) is 11.9. The number of nitrogens with zero attached hydrogens (tertiary/aromatic N) is 3. The van der Waals surface area contributed by atoms with Gasteiger partial charge < -0.3 is 29.9 Å². The zero-order valence-corrected chi connectivity index (χ0v) is 26.4. The number of nitrogens with one attached hydrogen (secondary N) is 2. The summed E-state index contributed by atoms with van der Waals surface area (Å²) in [5, 5.41) is 19.4. The number of urea groups is 1. The smallest absolute Gasteiger partial charge is 0.323 e. The van der Waals surface area contributed by atoms with Gasteiger partial charge in [-0.1, -0.05) is 66.7 Å². The number of hydrogen-bond donors (Lipinski definition) is 3. The number of aliphatic hydroxyl groups is 1. The van der Waals surface area contributed by atoms with Gasteiger partial charge >= 0.3 is 6.03 Å². The van der Waals surface area contributed by atoms with Gasteiger partial charge in [0.05, 0.1) is 18.2 Å². The minimum atomic E-state index is -0.492. The van der Waals surface area contributed by atoms with Crippen molar-refractivity contribution in [3.8, 4) is 16.9 Å². The molecule has 10 nitrogen and oxygen atoms in total. The number of fused-ring (bicyclic) bond motifs is 1. The van der Waals surface area contributed by atoms with E-state index in [-0.39, 0.29) is 24.5 Å². The second-order valence-electron chi connectivity index (χ2n) is 11.9. The number of carbonyl (C=O) groups is 2. The van der Waals surface area contributed by atoms with Crippen LogP contribution in [0, 0.1) is 19.8 Å². The predicted molar refractivity (Wildman–Crippen MR) is 174 cm³/mol. The lowest BCUT2D eigenvalue weighted by molar-refractivity contribution is 0.0341. The van der Waals surface area contributed by atoms with Crippen LogP contribution in [0.25, 0.3) is 11.1 Å². The fraction of sp³-hybridized carbons (Fsp3) is 0.343. The highest BCUT2D eigenvalue weighted by Crippen LogP contribution is 2.31. The van der Waals surface area contributed by atoms with E-state index < -0.39 is 12.1 Å². The van der Waals surface area contributed by atoms with Crippen molar-refractivity contribution in [2.24, 2.45) is 5.92 Å². The number of ether oxygens (including phenoxy) is 1. The van der Waals surface area contributed by atoms with Crippen molar-refractivity contribution >= 4 is 23.3 Å². The Hall–Kier alpha value is -4.67. The highest BCUT2D eigenvalue weighted by Gasteiger charge is 2.33. The molecule has 0 aliphatic carbocycles. The van der Waals surface area contributed by atoms with Crippen molar-refractivity contribution in [2.75, 3.05) is 37.4 Å². The van der Waals surface area contributed by atoms with E-state index in [0.29, 0.717) is 47.2 Å². The van der Waals surface area contributed by atoms with Crippen LogP contribution in [0.3, 0.4) is 0 Å². The minimum Gasteiger partial charge on any atom is -0.488 e. The molecular weight excluding hydrogens is 570 g/mol. The molecule has 0 fully saturated rings. The molecule has 1 aliphatic heterocycles. The fourth-order valence-corrected chi connectivity index (χ4v) is 5.57. The summed E-state index contributed by atoms with van der Waals surface area (Å²) >= 11 is 0. The number of likely N-dealkylation sites (N-methyl/N-ethyl adjacent to an activating group) is 1. The maximum atomic E-state index is 13.8. The Balaban J connectivity index is 1.33. The lowest BCUT2D eigenvalue weighted by atomic mass is 9.99. The zero-order valence-electron chi connectivity index (χ0n) is 26.4. The molecule has 236 valence electrons. The third kappa shape index (κ3) is 7.53. The summed E-state index contributed by atoms with van der Waals surface area (Å²) in [7, 11) is 2.06. The maximum absolute atomic E-state index is 13.8. The molecule has 45 heavy (non-hydrogen) atoms. The number of anilines is 2. The van der Waals surface area contributed by atoms with Gasteiger partial charge in [0.25, 0.3) is 5.91 Å². The van der Waals surface area contributed by atoms with E-state index in [4.69, 9.17) is 9.26 Å². The van der Waals surface area contributed by atoms with Gasteiger partial charge in [-0.25, -0.2) is 4.79 Å². The minimum absolute atomic E-state index is 0.0161. The van der Waals surface area contributed by atoms with E-state index in [0.717, 1.165) is 6.54 Å². The van der Waals surface area contributed by atoms with E-state index in [1.54, 1.807) is 36.9 Å². The number of rotatable bonds is 9. The van der Waals surface area contributed by atoms with Gasteiger partial charge in [-0.05, 0) is 62.7 Å². The molecular formula is C35H41N5O5. The topological polar surface area (TPSA) is 120 Å². The summed E-state index contributed by atoms with van der Waals surface area (Å²) < 4.78 is 11.7. The Bertz CT molecular complexity index is 1600. The molecule has 3 N–H and O–H groups in total. The number of aromatic nitrogens is 1. The first kappa shape index (κ1) is 31.7. The van der Waals surface area contributed by atoms with Crippen molar-refractivity contribution in [2.45, 2.75) is 46.4 Å². The first-order chi connectivity index (χ1) is 21.6. The molecule has 0 saturated carbocycles. The summed E-state index contributed by atoms with van der Waals surface area (Å²) in [5.74, 6) is 0.646. The monoisotopic (exact) mass is 611 g/mol. The summed E-state index contributed by atoms with van der Waals surface area (Å²) in [5.41, 5.74) is 5.35. The molecule has 3 atom stereocenters. The van der Waals surface area contributed by atoms with Gasteiger partial charge in [-0.15, -0.1) is 0 Å². The third-order valence-electron chi connectivity index (χ3n) is 8.20. The van der Waals surface area contributed by atoms with Crippen LogP contribution in [0.5, 0.6) is 5.75 Å². The molecule has 4 aromatic rings. The SMILES string of the molecule is Cc1noc(C)c1NC(=O)Nc1ccc2c(c1)C(=O)N([C@H](C)CO)C[C@H](C)[C@@H](CN(C)Cc1ccc(-c3ccccc3)cc1)O2. The number of benzene rings is 3. The largest absolute Gasteiger partial charge is 0.488 e. The Morgan fingerprint density at radius 1 is 1.07 bits per heavy atom. The summed E-state index contributed by atoms with van der Waals surface area (Å²) in [4.78, 5) is 30.5. The highest BCUT2D eigenvalue weighted by atomic mass is 16.5. The van der Waals surface area contributed by atoms with E-state index in [1.807, 2.05) is 25.1 Å². The van der Waals surface area contributed by atoms with Crippen LogP contribution in [-0.2, 0) is 6.54 Å². The number of carbonyl (C=O) groups excluding carboxylic acids is 2. The van der Waals surface area contributed by atoms with Crippen LogP contribution >= 0.6 is 0 Å². The fourth-order valence-electron chi connectivity index (χ4n) is 5.57. The van der Waals surface area contributed by atoms with Crippen LogP contribution in [0.15, 0.2) is 77.3 Å². The first-order valence-electron chi connectivity index (χ1n) is 15.2. The van der Waals surface area contributed by atoms with Gasteiger partial charge in [0.15, 0.2) is 5.76 Å². The van der Waals surface area contributed by atoms with Crippen molar-refractivity contribution in [3.63, 3.8) is 0 Å². The van der Waals surface area contributed by atoms with E-state index >= 15 is 0 Å². The van der Waals surface area contributed by atoms with Crippen molar-refractivity contribution in [1.82, 2.24) is 15.0 Å². The molecule has 2 heterocycles. The number of hydrogen-bond acceptors (Lipinski definition) is 7. The van der Waals surface area contributed by atoms with Gasteiger partial charge in [0, 0.05) is 31.2 Å². The highest BCUT2D eigenvalue weighted by molar-refractivity contribution is 6.03. The lowest BCUT2D eigenvalue weighted by Gasteiger charge is -2.38. The van der Waals surface area contributed by atoms with Gasteiger partial charge in [-0.3, -0.25) is 9.69 Å². The quantitative estimate of drug-likeness (QED) is 0.214. The van der Waals surface area contributed by atoms with Gasteiger partial charge in [0.1, 0.15) is 23.2 Å². The summed E-state index contributed by atoms with van der Waals surface area (Å²) in [6, 6.07) is 23.0. The average Bonchev–Trinajstić information content (AvgIpc) is 3.35. The van der Waals surface area contributed by atoms with Crippen LogP contribution in [-0.4, -0.2) is 70.9 Å². The van der Waals surface area contributed by atoms with E-state index in [1.165, 1.54) is 16.7 Å². The summed E-state index contributed by atoms with van der Waals surface area (Å²) in [6.07, 6.45) is -0.236. The third-order valence-corrected chi connectivity index (χ3v) is 8.20. The molecule has 1 aliphatic rings. The predicted octanol–water partition coefficient (Wildman–Crippen LogP) is 5.95. The van der Waals surface area contributed by atoms with E-state index in [9.17, 15) is 14.7 Å². The molecule has 0 unspecified atom stereocenters. The van der Waals surface area contributed by atoms with Gasteiger partial charge in [0.2, 0.25) is 0 Å². The number of aliphatic hydroxyl groups excluding tert-OH is 1. The molecule has 3 amide bonds. The molecule has 5 rings (SSSR count). The van der Waals surface area contributed by atoms with Crippen molar-refractivity contribution in [1.29, 1.82) is 0 Å². The van der Waals surface area contributed by atoms with Crippen molar-refractivity contribution < 1.29 is 24.0 Å². The van der Waals surface area contributed by atoms with E-state index in [2.05, 4.69) is 71.1 Å². The molecule has 0 radical (unpaired) electrons. The van der Waals surface area contributed by atoms with Crippen LogP contribution < -0.4 is 15.4 Å². The second kappa shape index (κ2) is 14.0. The molecule has 3 aromatic carbocycles. The Kier molecular flexibility index (Phi) is 9.85. The number of amides is 3. The zero-order chi connectivity index (χ0) is 32.1. The Morgan fingerprint density at radius 2 is 1.78 bits per heavy atom. The molecule has 10 heteroatoms.